The Bertz CT molecular complexity index is 271. The van der Waals surface area contributed by atoms with Crippen molar-refractivity contribution in [2.24, 2.45) is 0 Å². The molecule has 0 radical (unpaired) electrons. The maximum absolute atomic E-state index is 10.6. The van der Waals surface area contributed by atoms with E-state index in [-0.39, 0.29) is 6.61 Å². The monoisotopic (exact) mass is 206 g/mol. The zero-order valence-electron chi connectivity index (χ0n) is 6.37. The van der Waals surface area contributed by atoms with E-state index in [9.17, 15) is 4.79 Å². The molecule has 0 saturated carbocycles. The molecule has 0 spiro atoms. The Balaban J connectivity index is 2.43. The third-order valence-corrected chi connectivity index (χ3v) is 2.30. The SMILES string of the molecule is COC(=O)COc1cscc1Cl. The summed E-state index contributed by atoms with van der Waals surface area (Å²) in [4.78, 5) is 10.6. The lowest BCUT2D eigenvalue weighted by molar-refractivity contribution is -0.142. The number of carbonyl (C=O) groups is 1. The third kappa shape index (κ3) is 2.39. The van der Waals surface area contributed by atoms with Crippen LogP contribution in [0.15, 0.2) is 10.8 Å². The first-order valence-electron chi connectivity index (χ1n) is 3.15. The van der Waals surface area contributed by atoms with E-state index in [0.717, 1.165) is 0 Å². The Hall–Kier alpha value is -0.740. The van der Waals surface area contributed by atoms with Crippen LogP contribution in [0, 0.1) is 0 Å². The van der Waals surface area contributed by atoms with Crippen LogP contribution >= 0.6 is 22.9 Å². The molecule has 66 valence electrons. The van der Waals surface area contributed by atoms with Gasteiger partial charge >= 0.3 is 5.97 Å². The van der Waals surface area contributed by atoms with E-state index in [0.29, 0.717) is 10.8 Å². The van der Waals surface area contributed by atoms with Crippen LogP contribution in [0.25, 0.3) is 0 Å². The number of rotatable bonds is 3. The molecule has 0 amide bonds. The zero-order chi connectivity index (χ0) is 8.97. The quantitative estimate of drug-likeness (QED) is 0.710. The highest BCUT2D eigenvalue weighted by Gasteiger charge is 2.05. The second kappa shape index (κ2) is 4.33. The van der Waals surface area contributed by atoms with E-state index < -0.39 is 5.97 Å². The van der Waals surface area contributed by atoms with Gasteiger partial charge in [-0.05, 0) is 0 Å². The summed E-state index contributed by atoms with van der Waals surface area (Å²) < 4.78 is 9.42. The molecular formula is C7H7ClO3S. The van der Waals surface area contributed by atoms with Crippen molar-refractivity contribution in [1.29, 1.82) is 0 Å². The minimum atomic E-state index is -0.419. The average molecular weight is 207 g/mol. The van der Waals surface area contributed by atoms with Crippen LogP contribution in [0.5, 0.6) is 5.75 Å². The number of hydrogen-bond acceptors (Lipinski definition) is 4. The Morgan fingerprint density at radius 3 is 2.92 bits per heavy atom. The maximum atomic E-state index is 10.6. The van der Waals surface area contributed by atoms with Crippen molar-refractivity contribution in [3.8, 4) is 5.75 Å². The zero-order valence-corrected chi connectivity index (χ0v) is 7.95. The maximum Gasteiger partial charge on any atom is 0.343 e. The highest BCUT2D eigenvalue weighted by atomic mass is 35.5. The lowest BCUT2D eigenvalue weighted by Gasteiger charge is -2.01. The largest absolute Gasteiger partial charge is 0.479 e. The molecule has 0 unspecified atom stereocenters. The number of carbonyl (C=O) groups excluding carboxylic acids is 1. The first-order valence-corrected chi connectivity index (χ1v) is 4.47. The van der Waals surface area contributed by atoms with E-state index in [2.05, 4.69) is 4.74 Å². The van der Waals surface area contributed by atoms with Gasteiger partial charge in [-0.15, -0.1) is 11.3 Å². The van der Waals surface area contributed by atoms with Gasteiger partial charge in [0.15, 0.2) is 6.61 Å². The van der Waals surface area contributed by atoms with E-state index in [1.165, 1.54) is 18.4 Å². The number of esters is 1. The van der Waals surface area contributed by atoms with Gasteiger partial charge in [0.05, 0.1) is 12.1 Å². The fourth-order valence-corrected chi connectivity index (χ4v) is 1.52. The second-order valence-corrected chi connectivity index (χ2v) is 3.10. The summed E-state index contributed by atoms with van der Waals surface area (Å²) in [5.41, 5.74) is 0. The van der Waals surface area contributed by atoms with Gasteiger partial charge in [0.1, 0.15) is 5.75 Å². The molecule has 0 atom stereocenters. The third-order valence-electron chi connectivity index (χ3n) is 1.16. The molecule has 1 aromatic rings. The van der Waals surface area contributed by atoms with Gasteiger partial charge in [-0.2, -0.15) is 0 Å². The van der Waals surface area contributed by atoms with Crippen molar-refractivity contribution in [3.05, 3.63) is 15.8 Å². The first-order chi connectivity index (χ1) is 5.74. The number of hydrogen-bond donors (Lipinski definition) is 0. The lowest BCUT2D eigenvalue weighted by Crippen LogP contribution is -2.12. The Labute approximate surface area is 78.9 Å². The molecule has 0 bridgehead atoms. The van der Waals surface area contributed by atoms with Crippen molar-refractivity contribution in [3.63, 3.8) is 0 Å². The minimum absolute atomic E-state index is 0.104. The predicted molar refractivity (Wildman–Crippen MR) is 46.8 cm³/mol. The Morgan fingerprint density at radius 2 is 2.42 bits per heavy atom. The van der Waals surface area contributed by atoms with Crippen LogP contribution in [0.3, 0.4) is 0 Å². The number of halogens is 1. The molecule has 0 saturated heterocycles. The average Bonchev–Trinajstić information content (AvgIpc) is 2.47. The molecule has 0 aromatic carbocycles. The molecule has 12 heavy (non-hydrogen) atoms. The molecule has 1 aromatic heterocycles. The van der Waals surface area contributed by atoms with Crippen LogP contribution in [-0.4, -0.2) is 19.7 Å². The number of ether oxygens (including phenoxy) is 2. The normalized spacial score (nSPS) is 9.50. The van der Waals surface area contributed by atoms with Crippen LogP contribution in [-0.2, 0) is 9.53 Å². The van der Waals surface area contributed by atoms with Crippen molar-refractivity contribution in [2.75, 3.05) is 13.7 Å². The fourth-order valence-electron chi connectivity index (χ4n) is 0.568. The van der Waals surface area contributed by atoms with E-state index >= 15 is 0 Å². The Kier molecular flexibility index (Phi) is 3.37. The van der Waals surface area contributed by atoms with Crippen LogP contribution < -0.4 is 4.74 Å². The van der Waals surface area contributed by atoms with Crippen LogP contribution in [0.1, 0.15) is 0 Å². The molecule has 0 fully saturated rings. The lowest BCUT2D eigenvalue weighted by atomic mass is 10.6. The fraction of sp³-hybridized carbons (Fsp3) is 0.286. The van der Waals surface area contributed by atoms with Gasteiger partial charge in [0, 0.05) is 10.8 Å². The Morgan fingerprint density at radius 1 is 1.67 bits per heavy atom. The predicted octanol–water partition coefficient (Wildman–Crippen LogP) is 1.95. The van der Waals surface area contributed by atoms with Gasteiger partial charge in [-0.3, -0.25) is 0 Å². The van der Waals surface area contributed by atoms with Gasteiger partial charge in [-0.25, -0.2) is 4.79 Å². The first kappa shape index (κ1) is 9.35. The van der Waals surface area contributed by atoms with E-state index in [1.54, 1.807) is 10.8 Å². The topological polar surface area (TPSA) is 35.5 Å². The smallest absolute Gasteiger partial charge is 0.343 e. The molecule has 0 aliphatic heterocycles. The number of methoxy groups -OCH3 is 1. The van der Waals surface area contributed by atoms with E-state index in [4.69, 9.17) is 16.3 Å². The molecule has 3 nitrogen and oxygen atoms in total. The minimum Gasteiger partial charge on any atom is -0.479 e. The molecule has 1 heterocycles. The summed E-state index contributed by atoms with van der Waals surface area (Å²) >= 11 is 7.12. The summed E-state index contributed by atoms with van der Waals surface area (Å²) in [5, 5.41) is 3.98. The second-order valence-electron chi connectivity index (χ2n) is 1.95. The highest BCUT2D eigenvalue weighted by molar-refractivity contribution is 7.08. The van der Waals surface area contributed by atoms with Gasteiger partial charge in [0.25, 0.3) is 0 Å². The van der Waals surface area contributed by atoms with Gasteiger partial charge < -0.3 is 9.47 Å². The molecule has 0 aliphatic rings. The molecule has 5 heteroatoms. The van der Waals surface area contributed by atoms with Gasteiger partial charge in [0.2, 0.25) is 0 Å². The number of thiophene rings is 1. The highest BCUT2D eigenvalue weighted by Crippen LogP contribution is 2.28. The summed E-state index contributed by atoms with van der Waals surface area (Å²) in [5.74, 6) is 0.101. The van der Waals surface area contributed by atoms with E-state index in [1.807, 2.05) is 0 Å². The summed E-state index contributed by atoms with van der Waals surface area (Å²) in [6.45, 7) is -0.104. The summed E-state index contributed by atoms with van der Waals surface area (Å²) in [6.07, 6.45) is 0. The van der Waals surface area contributed by atoms with Crippen LogP contribution in [0.2, 0.25) is 5.02 Å². The van der Waals surface area contributed by atoms with Crippen molar-refractivity contribution in [2.45, 2.75) is 0 Å². The van der Waals surface area contributed by atoms with Gasteiger partial charge in [-0.1, -0.05) is 11.6 Å². The summed E-state index contributed by atoms with van der Waals surface area (Å²) in [6, 6.07) is 0. The molecular weight excluding hydrogens is 200 g/mol. The standard InChI is InChI=1S/C7H7ClO3S/c1-10-7(9)2-11-6-4-12-3-5(6)8/h3-4H,2H2,1H3. The van der Waals surface area contributed by atoms with Crippen molar-refractivity contribution < 1.29 is 14.3 Å². The van der Waals surface area contributed by atoms with Crippen molar-refractivity contribution in [1.82, 2.24) is 0 Å². The van der Waals surface area contributed by atoms with Crippen LogP contribution in [0.4, 0.5) is 0 Å². The molecule has 0 aliphatic carbocycles. The van der Waals surface area contributed by atoms with Crippen molar-refractivity contribution >= 4 is 28.9 Å². The summed E-state index contributed by atoms with van der Waals surface area (Å²) in [7, 11) is 1.31. The molecule has 1 rings (SSSR count). The molecule has 0 N–H and O–H groups in total.